The number of carbonyl (C=O) groups is 3. The van der Waals surface area contributed by atoms with Crippen molar-refractivity contribution in [3.05, 3.63) is 64.7 Å². The summed E-state index contributed by atoms with van der Waals surface area (Å²) in [6.07, 6.45) is 1.95. The molecule has 194 valence electrons. The predicted octanol–water partition coefficient (Wildman–Crippen LogP) is 3.10. The zero-order valence-corrected chi connectivity index (χ0v) is 22.1. The maximum Gasteiger partial charge on any atom is 0.256 e. The molecule has 8 heteroatoms. The highest BCUT2D eigenvalue weighted by Gasteiger charge is 2.27. The topological polar surface area (TPSA) is 85.0 Å². The van der Waals surface area contributed by atoms with Gasteiger partial charge in [0.1, 0.15) is 0 Å². The summed E-state index contributed by atoms with van der Waals surface area (Å²) in [6, 6.07) is 13.5. The van der Waals surface area contributed by atoms with Crippen LogP contribution in [-0.4, -0.2) is 61.5 Å². The summed E-state index contributed by atoms with van der Waals surface area (Å²) >= 11 is 0. The van der Waals surface area contributed by atoms with Gasteiger partial charge in [0.15, 0.2) is 0 Å². The first-order chi connectivity index (χ1) is 17.2. The summed E-state index contributed by atoms with van der Waals surface area (Å²) in [4.78, 5) is 40.3. The first-order valence-electron chi connectivity index (χ1n) is 12.6. The highest BCUT2D eigenvalue weighted by molar-refractivity contribution is 5.96. The largest absolute Gasteiger partial charge is 0.355 e. The van der Waals surface area contributed by atoms with E-state index in [2.05, 4.69) is 36.6 Å². The molecule has 3 amide bonds. The first kappa shape index (κ1) is 27.2. The van der Waals surface area contributed by atoms with Crippen LogP contribution >= 0.6 is 0 Å². The Morgan fingerprint density at radius 3 is 2.31 bits per heavy atom. The molecular formula is C28H39N5O3. The molecule has 0 spiro atoms. The number of benzene rings is 2. The molecule has 0 radical (unpaired) electrons. The molecule has 0 bridgehead atoms. The fourth-order valence-electron chi connectivity index (χ4n) is 4.38. The van der Waals surface area contributed by atoms with Crippen LogP contribution in [0.3, 0.4) is 0 Å². The van der Waals surface area contributed by atoms with Gasteiger partial charge in [-0.25, -0.2) is 5.01 Å². The average Bonchev–Trinajstić information content (AvgIpc) is 3.29. The third-order valence-electron chi connectivity index (χ3n) is 6.59. The van der Waals surface area contributed by atoms with Gasteiger partial charge < -0.3 is 15.5 Å². The van der Waals surface area contributed by atoms with Gasteiger partial charge in [-0.1, -0.05) is 44.2 Å². The lowest BCUT2D eigenvalue weighted by Gasteiger charge is -2.32. The van der Waals surface area contributed by atoms with Crippen molar-refractivity contribution in [3.8, 4) is 0 Å². The zero-order valence-electron chi connectivity index (χ0n) is 22.1. The van der Waals surface area contributed by atoms with Crippen LogP contribution in [0.2, 0.25) is 0 Å². The second-order valence-corrected chi connectivity index (χ2v) is 9.83. The van der Waals surface area contributed by atoms with Crippen LogP contribution in [0, 0.1) is 12.8 Å². The Hall–Kier alpha value is -3.39. The molecule has 1 heterocycles. The third kappa shape index (κ3) is 7.07. The molecule has 36 heavy (non-hydrogen) atoms. The Balaban J connectivity index is 1.75. The fraction of sp³-hybridized carbons (Fsp3) is 0.464. The van der Waals surface area contributed by atoms with Crippen molar-refractivity contribution in [1.29, 1.82) is 0 Å². The number of hydrogen-bond acceptors (Lipinski definition) is 5. The number of anilines is 1. The van der Waals surface area contributed by atoms with Crippen molar-refractivity contribution in [2.24, 2.45) is 5.92 Å². The number of rotatable bonds is 11. The molecule has 0 unspecified atom stereocenters. The van der Waals surface area contributed by atoms with E-state index in [1.165, 1.54) is 11.1 Å². The number of hydrazine groups is 1. The average molecular weight is 494 g/mol. The lowest BCUT2D eigenvalue weighted by Crippen LogP contribution is -2.48. The van der Waals surface area contributed by atoms with Crippen molar-refractivity contribution in [1.82, 2.24) is 20.7 Å². The number of nitrogens with one attached hydrogen (secondary N) is 2. The first-order valence-corrected chi connectivity index (χ1v) is 12.6. The van der Waals surface area contributed by atoms with Crippen LogP contribution in [0.5, 0.6) is 0 Å². The SMILES string of the molecule is CNC(=O)c1ccc(C)c(N(CC(=O)NCCCC(C)C)CC(=O)N(C)N2Cc3ccccc3C2)c1. The van der Waals surface area contributed by atoms with Gasteiger partial charge in [-0.05, 0) is 54.5 Å². The number of amides is 3. The van der Waals surface area contributed by atoms with Gasteiger partial charge in [0.05, 0.1) is 13.1 Å². The smallest absolute Gasteiger partial charge is 0.256 e. The van der Waals surface area contributed by atoms with Crippen molar-refractivity contribution in [3.63, 3.8) is 0 Å². The van der Waals surface area contributed by atoms with Crippen LogP contribution < -0.4 is 15.5 Å². The standard InChI is InChI=1S/C28H39N5O3/c1-20(2)9-8-14-30-26(34)18-32(25-15-22(28(36)29-4)13-12-21(25)3)19-27(35)31(5)33-16-23-10-6-7-11-24(23)17-33/h6-7,10-13,15,20H,8-9,14,16-19H2,1-5H3,(H,29,36)(H,30,34). The molecule has 2 N–H and O–H groups in total. The number of hydrogen-bond donors (Lipinski definition) is 2. The van der Waals surface area contributed by atoms with Crippen LogP contribution in [0.15, 0.2) is 42.5 Å². The number of nitrogens with zero attached hydrogens (tertiary/aromatic N) is 3. The van der Waals surface area contributed by atoms with Gasteiger partial charge in [-0.15, -0.1) is 0 Å². The summed E-state index contributed by atoms with van der Waals surface area (Å²) < 4.78 is 0. The molecule has 2 aromatic carbocycles. The summed E-state index contributed by atoms with van der Waals surface area (Å²) in [5, 5.41) is 9.27. The number of fused-ring (bicyclic) bond motifs is 1. The van der Waals surface area contributed by atoms with E-state index in [9.17, 15) is 14.4 Å². The molecule has 0 atom stereocenters. The van der Waals surface area contributed by atoms with E-state index in [1.54, 1.807) is 36.1 Å². The second kappa shape index (κ2) is 12.5. The lowest BCUT2D eigenvalue weighted by molar-refractivity contribution is -0.145. The summed E-state index contributed by atoms with van der Waals surface area (Å²) in [5.41, 5.74) is 4.49. The summed E-state index contributed by atoms with van der Waals surface area (Å²) in [7, 11) is 3.35. The molecular weight excluding hydrogens is 454 g/mol. The minimum Gasteiger partial charge on any atom is -0.355 e. The highest BCUT2D eigenvalue weighted by atomic mass is 16.2. The minimum atomic E-state index is -0.215. The zero-order chi connectivity index (χ0) is 26.2. The molecule has 0 fully saturated rings. The Morgan fingerprint density at radius 1 is 1.03 bits per heavy atom. The van der Waals surface area contributed by atoms with E-state index < -0.39 is 0 Å². The van der Waals surface area contributed by atoms with Crippen molar-refractivity contribution < 1.29 is 14.4 Å². The van der Waals surface area contributed by atoms with Gasteiger partial charge in [-0.3, -0.25) is 19.4 Å². The van der Waals surface area contributed by atoms with E-state index in [-0.39, 0.29) is 30.8 Å². The van der Waals surface area contributed by atoms with Crippen molar-refractivity contribution in [2.45, 2.75) is 46.7 Å². The van der Waals surface area contributed by atoms with E-state index in [0.717, 1.165) is 18.4 Å². The van der Waals surface area contributed by atoms with E-state index in [1.807, 2.05) is 30.1 Å². The monoisotopic (exact) mass is 493 g/mol. The van der Waals surface area contributed by atoms with E-state index >= 15 is 0 Å². The summed E-state index contributed by atoms with van der Waals surface area (Å²) in [6.45, 7) is 8.21. The Labute approximate surface area is 214 Å². The second-order valence-electron chi connectivity index (χ2n) is 9.83. The predicted molar refractivity (Wildman–Crippen MR) is 142 cm³/mol. The molecule has 3 rings (SSSR count). The fourth-order valence-corrected chi connectivity index (χ4v) is 4.38. The van der Waals surface area contributed by atoms with Gasteiger partial charge in [0.25, 0.3) is 11.8 Å². The van der Waals surface area contributed by atoms with Gasteiger partial charge in [0.2, 0.25) is 5.91 Å². The molecule has 0 aliphatic carbocycles. The molecule has 2 aromatic rings. The quantitative estimate of drug-likeness (QED) is 0.470. The normalized spacial score (nSPS) is 12.8. The lowest BCUT2D eigenvalue weighted by atomic mass is 10.1. The summed E-state index contributed by atoms with van der Waals surface area (Å²) in [5.74, 6) is 0.0960. The molecule has 1 aliphatic heterocycles. The van der Waals surface area contributed by atoms with Crippen molar-refractivity contribution >= 4 is 23.4 Å². The molecule has 1 aliphatic rings. The highest BCUT2D eigenvalue weighted by Crippen LogP contribution is 2.25. The maximum absolute atomic E-state index is 13.4. The van der Waals surface area contributed by atoms with Crippen LogP contribution in [-0.2, 0) is 22.7 Å². The molecule has 8 nitrogen and oxygen atoms in total. The van der Waals surface area contributed by atoms with E-state index in [0.29, 0.717) is 36.8 Å². The van der Waals surface area contributed by atoms with Gasteiger partial charge in [-0.2, -0.15) is 0 Å². The minimum absolute atomic E-state index is 0.0147. The number of aryl methyl sites for hydroxylation is 1. The molecule has 0 aromatic heterocycles. The third-order valence-corrected chi connectivity index (χ3v) is 6.59. The molecule has 0 saturated carbocycles. The van der Waals surface area contributed by atoms with Crippen LogP contribution in [0.4, 0.5) is 5.69 Å². The van der Waals surface area contributed by atoms with E-state index in [4.69, 9.17) is 0 Å². The maximum atomic E-state index is 13.4. The Kier molecular flexibility index (Phi) is 9.47. The number of likely N-dealkylation sites (N-methyl/N-ethyl adjacent to an activating group) is 1. The molecule has 0 saturated heterocycles. The van der Waals surface area contributed by atoms with Gasteiger partial charge >= 0.3 is 0 Å². The van der Waals surface area contributed by atoms with Crippen LogP contribution in [0.25, 0.3) is 0 Å². The Bertz CT molecular complexity index is 1060. The Morgan fingerprint density at radius 2 is 1.69 bits per heavy atom. The van der Waals surface area contributed by atoms with Crippen LogP contribution in [0.1, 0.15) is 53.7 Å². The van der Waals surface area contributed by atoms with Gasteiger partial charge in [0, 0.05) is 45.0 Å². The van der Waals surface area contributed by atoms with Crippen molar-refractivity contribution in [2.75, 3.05) is 38.6 Å². The number of carbonyl (C=O) groups excluding carboxylic acids is 3.